The van der Waals surface area contributed by atoms with Crippen LogP contribution in [0.3, 0.4) is 0 Å². The van der Waals surface area contributed by atoms with Gasteiger partial charge in [0.25, 0.3) is 0 Å². The first-order valence-corrected chi connectivity index (χ1v) is 5.44. The topological polar surface area (TPSA) is 77.9 Å². The molecule has 1 N–H and O–H groups in total. The van der Waals surface area contributed by atoms with E-state index in [2.05, 4.69) is 10.2 Å². The molecule has 0 fully saturated rings. The molecule has 0 aliphatic carbocycles. The number of hydrogen-bond donors (Lipinski definition) is 1. The Morgan fingerprint density at radius 2 is 2.22 bits per heavy atom. The highest BCUT2D eigenvalue weighted by Gasteiger charge is 2.16. The molecule has 0 spiro atoms. The van der Waals surface area contributed by atoms with E-state index in [4.69, 9.17) is 5.11 Å². The molecule has 2 aromatic heterocycles. The molecule has 0 amide bonds. The maximum atomic E-state index is 13.1. The Morgan fingerprint density at radius 1 is 1.50 bits per heavy atom. The Balaban J connectivity index is 2.41. The molecule has 8 heteroatoms. The van der Waals surface area contributed by atoms with Crippen LogP contribution in [0.25, 0.3) is 5.82 Å². The predicted molar refractivity (Wildman–Crippen MR) is 61.3 cm³/mol. The Hall–Kier alpha value is -1.96. The van der Waals surface area contributed by atoms with E-state index in [-0.39, 0.29) is 6.54 Å². The fourth-order valence-corrected chi connectivity index (χ4v) is 1.67. The van der Waals surface area contributed by atoms with Crippen LogP contribution in [-0.2, 0) is 13.6 Å². The van der Waals surface area contributed by atoms with E-state index in [1.54, 1.807) is 30.9 Å². The van der Waals surface area contributed by atoms with E-state index in [1.165, 1.54) is 4.57 Å². The maximum absolute atomic E-state index is 13.1. The third-order valence-corrected chi connectivity index (χ3v) is 2.50. The summed E-state index contributed by atoms with van der Waals surface area (Å²) < 4.78 is 16.9. The fourth-order valence-electron chi connectivity index (χ4n) is 1.67. The molecule has 2 rings (SSSR count). The van der Waals surface area contributed by atoms with Gasteiger partial charge in [0.1, 0.15) is 12.0 Å². The van der Waals surface area contributed by atoms with Crippen molar-refractivity contribution in [3.8, 4) is 5.82 Å². The quantitative estimate of drug-likeness (QED) is 0.792. The SMILES string of the molecule is Cc1nn(C[C@@H](F)CO)c(=O)n1-c1ccn(C)n1. The number of aryl methyl sites for hydroxylation is 2. The van der Waals surface area contributed by atoms with Gasteiger partial charge in [0, 0.05) is 19.3 Å². The van der Waals surface area contributed by atoms with E-state index in [0.29, 0.717) is 11.6 Å². The standard InChI is InChI=1S/C10H14FN5O2/c1-7-12-15(5-8(11)6-17)10(18)16(7)9-3-4-14(2)13-9/h3-4,8,17H,5-6H2,1-2H3/t8-/m1/s1. The largest absolute Gasteiger partial charge is 0.393 e. The number of nitrogens with zero attached hydrogens (tertiary/aromatic N) is 5. The zero-order valence-electron chi connectivity index (χ0n) is 10.1. The van der Waals surface area contributed by atoms with Crippen molar-refractivity contribution in [1.82, 2.24) is 24.1 Å². The molecule has 98 valence electrons. The summed E-state index contributed by atoms with van der Waals surface area (Å²) in [5.74, 6) is 0.856. The molecule has 0 unspecified atom stereocenters. The molecular formula is C10H14FN5O2. The highest BCUT2D eigenvalue weighted by atomic mass is 19.1. The van der Waals surface area contributed by atoms with Gasteiger partial charge >= 0.3 is 5.69 Å². The molecule has 0 bridgehead atoms. The van der Waals surface area contributed by atoms with Gasteiger partial charge in [0.15, 0.2) is 5.82 Å². The Labute approximate surface area is 102 Å². The van der Waals surface area contributed by atoms with Crippen LogP contribution in [0.4, 0.5) is 4.39 Å². The van der Waals surface area contributed by atoms with Crippen molar-refractivity contribution in [3.05, 3.63) is 28.6 Å². The summed E-state index contributed by atoms with van der Waals surface area (Å²) in [5.41, 5.74) is -0.470. The summed E-state index contributed by atoms with van der Waals surface area (Å²) in [7, 11) is 1.73. The van der Waals surface area contributed by atoms with Gasteiger partial charge in [-0.3, -0.25) is 4.68 Å². The van der Waals surface area contributed by atoms with Gasteiger partial charge in [-0.05, 0) is 6.92 Å². The molecule has 0 saturated heterocycles. The number of hydrogen-bond acceptors (Lipinski definition) is 4. The first-order valence-electron chi connectivity index (χ1n) is 5.44. The molecule has 18 heavy (non-hydrogen) atoms. The van der Waals surface area contributed by atoms with E-state index in [0.717, 1.165) is 4.68 Å². The van der Waals surface area contributed by atoms with Crippen molar-refractivity contribution in [2.75, 3.05) is 6.61 Å². The minimum absolute atomic E-state index is 0.268. The van der Waals surface area contributed by atoms with E-state index in [9.17, 15) is 9.18 Å². The van der Waals surface area contributed by atoms with Crippen molar-refractivity contribution in [3.63, 3.8) is 0 Å². The average molecular weight is 255 g/mol. The smallest absolute Gasteiger partial charge is 0.351 e. The third-order valence-electron chi connectivity index (χ3n) is 2.50. The Morgan fingerprint density at radius 3 is 2.78 bits per heavy atom. The second-order valence-corrected chi connectivity index (χ2v) is 3.97. The minimum atomic E-state index is -1.51. The van der Waals surface area contributed by atoms with Crippen molar-refractivity contribution in [2.45, 2.75) is 19.6 Å². The lowest BCUT2D eigenvalue weighted by Crippen LogP contribution is -2.29. The van der Waals surface area contributed by atoms with Crippen LogP contribution in [-0.4, -0.2) is 42.0 Å². The van der Waals surface area contributed by atoms with Crippen LogP contribution in [0.15, 0.2) is 17.1 Å². The summed E-state index contributed by atoms with van der Waals surface area (Å²) in [6.07, 6.45) is 0.193. The first-order chi connectivity index (χ1) is 8.52. The number of halogens is 1. The predicted octanol–water partition coefficient (Wildman–Crippen LogP) is -0.594. The highest BCUT2D eigenvalue weighted by Crippen LogP contribution is 2.03. The Kier molecular flexibility index (Phi) is 3.28. The number of aliphatic hydroxyl groups excluding tert-OH is 1. The lowest BCUT2D eigenvalue weighted by molar-refractivity contribution is 0.157. The van der Waals surface area contributed by atoms with E-state index < -0.39 is 18.5 Å². The van der Waals surface area contributed by atoms with Gasteiger partial charge in [0.05, 0.1) is 13.2 Å². The van der Waals surface area contributed by atoms with Crippen molar-refractivity contribution in [2.24, 2.45) is 7.05 Å². The highest BCUT2D eigenvalue weighted by molar-refractivity contribution is 5.20. The zero-order valence-corrected chi connectivity index (χ0v) is 10.1. The summed E-state index contributed by atoms with van der Waals surface area (Å²) in [4.78, 5) is 12.0. The van der Waals surface area contributed by atoms with Gasteiger partial charge < -0.3 is 5.11 Å². The molecular weight excluding hydrogens is 241 g/mol. The van der Waals surface area contributed by atoms with Gasteiger partial charge in [0.2, 0.25) is 0 Å². The van der Waals surface area contributed by atoms with Gasteiger partial charge in [-0.2, -0.15) is 10.2 Å². The van der Waals surface area contributed by atoms with Gasteiger partial charge in [-0.15, -0.1) is 0 Å². The van der Waals surface area contributed by atoms with Crippen LogP contribution in [0.2, 0.25) is 0 Å². The molecule has 0 aromatic carbocycles. The number of aliphatic hydroxyl groups is 1. The maximum Gasteiger partial charge on any atom is 0.351 e. The second-order valence-electron chi connectivity index (χ2n) is 3.97. The van der Waals surface area contributed by atoms with Crippen LogP contribution in [0, 0.1) is 6.92 Å². The number of rotatable bonds is 4. The lowest BCUT2D eigenvalue weighted by Gasteiger charge is -2.02. The molecule has 2 aromatic rings. The molecule has 0 aliphatic heterocycles. The summed E-state index contributed by atoms with van der Waals surface area (Å²) >= 11 is 0. The molecule has 1 atom stereocenters. The normalized spacial score (nSPS) is 12.9. The van der Waals surface area contributed by atoms with E-state index in [1.807, 2.05) is 0 Å². The number of aromatic nitrogens is 5. The third kappa shape index (κ3) is 2.19. The van der Waals surface area contributed by atoms with Crippen LogP contribution < -0.4 is 5.69 Å². The van der Waals surface area contributed by atoms with Gasteiger partial charge in [-0.25, -0.2) is 18.4 Å². The van der Waals surface area contributed by atoms with E-state index >= 15 is 0 Å². The summed E-state index contributed by atoms with van der Waals surface area (Å²) in [6.45, 7) is 0.733. The molecule has 2 heterocycles. The molecule has 7 nitrogen and oxygen atoms in total. The minimum Gasteiger partial charge on any atom is -0.393 e. The molecule has 0 saturated carbocycles. The Bertz CT molecular complexity index is 600. The summed E-state index contributed by atoms with van der Waals surface area (Å²) in [6, 6.07) is 1.67. The monoisotopic (exact) mass is 255 g/mol. The lowest BCUT2D eigenvalue weighted by atomic mass is 10.4. The molecule has 0 radical (unpaired) electrons. The van der Waals surface area contributed by atoms with Crippen molar-refractivity contribution >= 4 is 0 Å². The van der Waals surface area contributed by atoms with Crippen molar-refractivity contribution in [1.29, 1.82) is 0 Å². The first kappa shape index (κ1) is 12.5. The summed E-state index contributed by atoms with van der Waals surface area (Å²) in [5, 5.41) is 16.7. The van der Waals surface area contributed by atoms with Crippen LogP contribution in [0.5, 0.6) is 0 Å². The zero-order chi connectivity index (χ0) is 13.3. The van der Waals surface area contributed by atoms with Crippen LogP contribution in [0.1, 0.15) is 5.82 Å². The number of alkyl halides is 1. The van der Waals surface area contributed by atoms with Crippen molar-refractivity contribution < 1.29 is 9.50 Å². The van der Waals surface area contributed by atoms with Crippen LogP contribution >= 0.6 is 0 Å². The van der Waals surface area contributed by atoms with Gasteiger partial charge in [-0.1, -0.05) is 0 Å². The second kappa shape index (κ2) is 4.73. The molecule has 0 aliphatic rings. The average Bonchev–Trinajstić information content (AvgIpc) is 2.84. The fraction of sp³-hybridized carbons (Fsp3) is 0.500.